The molecule has 35 heavy (non-hydrogen) atoms. The molecule has 1 aromatic heterocycles. The summed E-state index contributed by atoms with van der Waals surface area (Å²) in [4.78, 5) is 16.4. The van der Waals surface area contributed by atoms with Crippen molar-refractivity contribution in [2.45, 2.75) is 50.9 Å². The van der Waals surface area contributed by atoms with E-state index in [1.807, 2.05) is 0 Å². The minimum atomic E-state index is -4.75. The molecule has 2 aliphatic carbocycles. The SMILES string of the molecule is O=C(Nc1cccc(C(F)(F)F)n1)C1=CC(C2CCC(C(F)(F)F)CC2)=NS(=O)(=O)N1CC1CC1. The van der Waals surface area contributed by atoms with Gasteiger partial charge in [-0.3, -0.25) is 4.79 Å². The number of amides is 1. The van der Waals surface area contributed by atoms with Crippen molar-refractivity contribution in [3.05, 3.63) is 35.7 Å². The molecular formula is C21H22F6N4O3S. The third-order valence-corrected chi connectivity index (χ3v) is 7.64. The largest absolute Gasteiger partial charge is 0.433 e. The van der Waals surface area contributed by atoms with Crippen LogP contribution in [-0.4, -0.2) is 42.0 Å². The van der Waals surface area contributed by atoms with Gasteiger partial charge < -0.3 is 5.32 Å². The monoisotopic (exact) mass is 524 g/mol. The number of rotatable bonds is 5. The maximum atomic E-state index is 13.0. The quantitative estimate of drug-likeness (QED) is 0.566. The van der Waals surface area contributed by atoms with E-state index in [2.05, 4.69) is 14.7 Å². The van der Waals surface area contributed by atoms with E-state index in [1.54, 1.807) is 0 Å². The summed E-state index contributed by atoms with van der Waals surface area (Å²) in [5, 5.41) is 2.21. The molecule has 1 aromatic rings. The molecule has 0 saturated heterocycles. The number of halogens is 6. The van der Waals surface area contributed by atoms with E-state index in [0.29, 0.717) is 0 Å². The highest BCUT2D eigenvalue weighted by Gasteiger charge is 2.44. The van der Waals surface area contributed by atoms with Gasteiger partial charge in [-0.05, 0) is 62.7 Å². The number of carbonyl (C=O) groups excluding carboxylic acids is 1. The lowest BCUT2D eigenvalue weighted by molar-refractivity contribution is -0.182. The normalized spacial score (nSPS) is 25.0. The van der Waals surface area contributed by atoms with Gasteiger partial charge in [0.1, 0.15) is 17.2 Å². The summed E-state index contributed by atoms with van der Waals surface area (Å²) in [5.74, 6) is -3.50. The molecule has 7 nitrogen and oxygen atoms in total. The molecule has 2 saturated carbocycles. The van der Waals surface area contributed by atoms with Gasteiger partial charge in [0.15, 0.2) is 0 Å². The molecule has 1 aliphatic heterocycles. The zero-order valence-electron chi connectivity index (χ0n) is 18.2. The number of hydrogen-bond acceptors (Lipinski definition) is 4. The van der Waals surface area contributed by atoms with Crippen LogP contribution in [0.15, 0.2) is 34.4 Å². The van der Waals surface area contributed by atoms with E-state index < -0.39 is 51.8 Å². The first kappa shape index (κ1) is 25.5. The van der Waals surface area contributed by atoms with Gasteiger partial charge in [0.2, 0.25) is 0 Å². The average Bonchev–Trinajstić information content (AvgIpc) is 3.58. The van der Waals surface area contributed by atoms with Crippen LogP contribution in [0.3, 0.4) is 0 Å². The van der Waals surface area contributed by atoms with E-state index >= 15 is 0 Å². The lowest BCUT2D eigenvalue weighted by Gasteiger charge is -2.33. The van der Waals surface area contributed by atoms with Crippen LogP contribution in [0.25, 0.3) is 0 Å². The first-order valence-electron chi connectivity index (χ1n) is 11.0. The minimum Gasteiger partial charge on any atom is -0.305 e. The van der Waals surface area contributed by atoms with Gasteiger partial charge in [-0.1, -0.05) is 6.07 Å². The summed E-state index contributed by atoms with van der Waals surface area (Å²) in [6.07, 6.45) is -6.69. The molecular weight excluding hydrogens is 502 g/mol. The molecule has 4 rings (SSSR count). The molecule has 0 radical (unpaired) electrons. The van der Waals surface area contributed by atoms with Crippen molar-refractivity contribution >= 4 is 27.6 Å². The number of hydrogen-bond donors (Lipinski definition) is 1. The molecule has 0 unspecified atom stereocenters. The van der Waals surface area contributed by atoms with Gasteiger partial charge in [-0.15, -0.1) is 4.40 Å². The standard InChI is InChI=1S/C21H22F6N4O3S/c22-20(23,24)14-8-6-13(7-9-14)15-10-16(31(11-12-4-5-12)35(33,34)30-15)19(32)29-18-3-1-2-17(28-18)21(25,26)27/h1-3,10,12-14H,4-9,11H2,(H,28,29,32). The lowest BCUT2D eigenvalue weighted by Crippen LogP contribution is -2.41. The predicted molar refractivity (Wildman–Crippen MR) is 113 cm³/mol. The van der Waals surface area contributed by atoms with Gasteiger partial charge in [-0.2, -0.15) is 34.8 Å². The Kier molecular flexibility index (Phi) is 6.62. The van der Waals surface area contributed by atoms with Crippen molar-refractivity contribution in [3.63, 3.8) is 0 Å². The van der Waals surface area contributed by atoms with E-state index in [9.17, 15) is 39.6 Å². The maximum Gasteiger partial charge on any atom is 0.433 e. The van der Waals surface area contributed by atoms with Crippen molar-refractivity contribution in [1.82, 2.24) is 9.29 Å². The number of anilines is 1. The molecule has 14 heteroatoms. The Morgan fingerprint density at radius 3 is 2.26 bits per heavy atom. The van der Waals surface area contributed by atoms with Crippen LogP contribution in [0.1, 0.15) is 44.2 Å². The van der Waals surface area contributed by atoms with E-state index in [0.717, 1.165) is 35.3 Å². The summed E-state index contributed by atoms with van der Waals surface area (Å²) >= 11 is 0. The molecule has 2 fully saturated rings. The number of alkyl halides is 6. The summed E-state index contributed by atoms with van der Waals surface area (Å²) in [5.41, 5.74) is -1.61. The van der Waals surface area contributed by atoms with Crippen LogP contribution < -0.4 is 5.32 Å². The van der Waals surface area contributed by atoms with E-state index in [4.69, 9.17) is 0 Å². The average molecular weight is 524 g/mol. The number of nitrogens with one attached hydrogen (secondary N) is 1. The van der Waals surface area contributed by atoms with Crippen LogP contribution in [0.4, 0.5) is 32.2 Å². The van der Waals surface area contributed by atoms with E-state index in [-0.39, 0.29) is 49.6 Å². The first-order valence-corrected chi connectivity index (χ1v) is 12.4. The molecule has 192 valence electrons. The highest BCUT2D eigenvalue weighted by atomic mass is 32.2. The second-order valence-electron chi connectivity index (χ2n) is 8.95. The Morgan fingerprint density at radius 2 is 1.69 bits per heavy atom. The van der Waals surface area contributed by atoms with E-state index in [1.165, 1.54) is 6.08 Å². The zero-order chi connectivity index (χ0) is 25.6. The molecule has 1 N–H and O–H groups in total. The fraction of sp³-hybridized carbons (Fsp3) is 0.571. The van der Waals surface area contributed by atoms with Crippen LogP contribution >= 0.6 is 0 Å². The fourth-order valence-electron chi connectivity index (χ4n) is 4.20. The number of nitrogens with zero attached hydrogens (tertiary/aromatic N) is 3. The minimum absolute atomic E-state index is 0.00614. The number of pyridine rings is 1. The van der Waals surface area contributed by atoms with Gasteiger partial charge >= 0.3 is 22.6 Å². The number of carbonyl (C=O) groups is 1. The molecule has 0 spiro atoms. The topological polar surface area (TPSA) is 91.7 Å². The van der Waals surface area contributed by atoms with Crippen molar-refractivity contribution < 1.29 is 39.6 Å². The summed E-state index contributed by atoms with van der Waals surface area (Å²) in [6.45, 7) is -0.0325. The Balaban J connectivity index is 1.60. The van der Waals surface area contributed by atoms with Gasteiger partial charge in [0.05, 0.1) is 11.6 Å². The smallest absolute Gasteiger partial charge is 0.305 e. The second kappa shape index (κ2) is 9.10. The molecule has 3 aliphatic rings. The van der Waals surface area contributed by atoms with Crippen LogP contribution in [-0.2, 0) is 21.2 Å². The first-order chi connectivity index (χ1) is 16.2. The molecule has 1 amide bonds. The Bertz CT molecular complexity index is 1150. The molecule has 0 atom stereocenters. The maximum absolute atomic E-state index is 13.0. The Hall–Kier alpha value is -2.64. The summed E-state index contributed by atoms with van der Waals surface area (Å²) in [7, 11) is -4.37. The lowest BCUT2D eigenvalue weighted by atomic mass is 9.79. The van der Waals surface area contributed by atoms with Gasteiger partial charge in [0, 0.05) is 12.5 Å². The van der Waals surface area contributed by atoms with Gasteiger partial charge in [0.25, 0.3) is 5.91 Å². The van der Waals surface area contributed by atoms with Crippen molar-refractivity contribution in [3.8, 4) is 0 Å². The fourth-order valence-corrected chi connectivity index (χ4v) is 5.55. The third kappa shape index (κ3) is 5.96. The summed E-state index contributed by atoms with van der Waals surface area (Å²) in [6, 6.07) is 2.90. The van der Waals surface area contributed by atoms with Crippen molar-refractivity contribution in [2.24, 2.45) is 22.2 Å². The number of aromatic nitrogens is 1. The van der Waals surface area contributed by atoms with Crippen LogP contribution in [0.5, 0.6) is 0 Å². The summed E-state index contributed by atoms with van der Waals surface area (Å²) < 4.78 is 108. The van der Waals surface area contributed by atoms with Gasteiger partial charge in [-0.25, -0.2) is 9.29 Å². The molecule has 2 heterocycles. The molecule has 0 aromatic carbocycles. The second-order valence-corrected chi connectivity index (χ2v) is 10.5. The third-order valence-electron chi connectivity index (χ3n) is 6.30. The van der Waals surface area contributed by atoms with Crippen LogP contribution in [0.2, 0.25) is 0 Å². The molecule has 0 bridgehead atoms. The highest BCUT2D eigenvalue weighted by Crippen LogP contribution is 2.41. The van der Waals surface area contributed by atoms with Crippen LogP contribution in [0, 0.1) is 17.8 Å². The van der Waals surface area contributed by atoms with Crippen molar-refractivity contribution in [2.75, 3.05) is 11.9 Å². The zero-order valence-corrected chi connectivity index (χ0v) is 19.1. The Labute approximate surface area is 197 Å². The Morgan fingerprint density at radius 1 is 1.03 bits per heavy atom. The number of allylic oxidation sites excluding steroid dienone is 1. The highest BCUT2D eigenvalue weighted by molar-refractivity contribution is 7.88. The van der Waals surface area contributed by atoms with Crippen molar-refractivity contribution in [1.29, 1.82) is 0 Å². The predicted octanol–water partition coefficient (Wildman–Crippen LogP) is 4.70.